The fraction of sp³-hybridized carbons (Fsp3) is 0.0952. The van der Waals surface area contributed by atoms with Crippen LogP contribution in [0.5, 0.6) is 5.75 Å². The standard InChI is InChI=1S/C21H22O3/c1-18-17-19(15-16-20(18)22)13-11-9-7-5-3-4-6-8-10-12-14-21(23)24-2/h3-17,22H,1-2H3/b5-3+,6-4+,9-7+,10-8+,13-11+,14-12+. The maximum atomic E-state index is 10.8. The number of aryl methyl sites for hydroxylation is 1. The Bertz CT molecular complexity index is 702. The third kappa shape index (κ3) is 8.39. The molecule has 0 amide bonds. The minimum Gasteiger partial charge on any atom is -0.508 e. The van der Waals surface area contributed by atoms with Crippen LogP contribution in [0.15, 0.2) is 85.0 Å². The summed E-state index contributed by atoms with van der Waals surface area (Å²) in [5.41, 5.74) is 1.91. The monoisotopic (exact) mass is 322 g/mol. The van der Waals surface area contributed by atoms with Crippen LogP contribution in [0.25, 0.3) is 6.08 Å². The first-order valence-electron chi connectivity index (χ1n) is 7.52. The fourth-order valence-electron chi connectivity index (χ4n) is 1.66. The van der Waals surface area contributed by atoms with Gasteiger partial charge in [0, 0.05) is 6.08 Å². The van der Waals surface area contributed by atoms with Gasteiger partial charge in [0.2, 0.25) is 0 Å². The molecule has 0 aliphatic carbocycles. The number of phenolic OH excluding ortho intramolecular Hbond substituents is 1. The van der Waals surface area contributed by atoms with Crippen molar-refractivity contribution in [2.24, 2.45) is 0 Å². The molecule has 1 rings (SSSR count). The van der Waals surface area contributed by atoms with Crippen LogP contribution in [0, 0.1) is 6.92 Å². The van der Waals surface area contributed by atoms with E-state index in [0.29, 0.717) is 5.75 Å². The number of aromatic hydroxyl groups is 1. The highest BCUT2D eigenvalue weighted by atomic mass is 16.5. The zero-order chi connectivity index (χ0) is 17.6. The van der Waals surface area contributed by atoms with Gasteiger partial charge in [0.15, 0.2) is 0 Å². The summed E-state index contributed by atoms with van der Waals surface area (Å²) in [4.78, 5) is 10.8. The molecule has 3 nitrogen and oxygen atoms in total. The molecule has 0 radical (unpaired) electrons. The van der Waals surface area contributed by atoms with Gasteiger partial charge >= 0.3 is 5.97 Å². The van der Waals surface area contributed by atoms with E-state index in [4.69, 9.17) is 0 Å². The summed E-state index contributed by atoms with van der Waals surface area (Å²) >= 11 is 0. The van der Waals surface area contributed by atoms with Gasteiger partial charge in [-0.25, -0.2) is 4.79 Å². The Morgan fingerprint density at radius 1 is 0.917 bits per heavy atom. The van der Waals surface area contributed by atoms with Gasteiger partial charge in [-0.3, -0.25) is 0 Å². The molecule has 1 N–H and O–H groups in total. The van der Waals surface area contributed by atoms with Crippen LogP contribution in [0.1, 0.15) is 11.1 Å². The number of carbonyl (C=O) groups excluding carboxylic acids is 1. The van der Waals surface area contributed by atoms with E-state index in [-0.39, 0.29) is 5.97 Å². The normalized spacial score (nSPS) is 12.8. The van der Waals surface area contributed by atoms with Gasteiger partial charge in [0.1, 0.15) is 5.75 Å². The van der Waals surface area contributed by atoms with E-state index < -0.39 is 0 Å². The Balaban J connectivity index is 2.34. The SMILES string of the molecule is COC(=O)/C=C/C=C/C=C/C=C/C=C/C=C/c1ccc(O)c(C)c1. The summed E-state index contributed by atoms with van der Waals surface area (Å²) < 4.78 is 4.47. The molecule has 0 saturated heterocycles. The molecule has 24 heavy (non-hydrogen) atoms. The third-order valence-electron chi connectivity index (χ3n) is 2.94. The maximum absolute atomic E-state index is 10.8. The van der Waals surface area contributed by atoms with E-state index in [1.54, 1.807) is 18.2 Å². The smallest absolute Gasteiger partial charge is 0.330 e. The number of phenols is 1. The number of hydrogen-bond acceptors (Lipinski definition) is 3. The van der Waals surface area contributed by atoms with Crippen LogP contribution in [0.4, 0.5) is 0 Å². The highest BCUT2D eigenvalue weighted by Gasteiger charge is 1.93. The van der Waals surface area contributed by atoms with Crippen molar-refractivity contribution in [3.8, 4) is 5.75 Å². The number of allylic oxidation sites excluding steroid dienone is 10. The molecule has 0 spiro atoms. The first-order valence-corrected chi connectivity index (χ1v) is 7.52. The van der Waals surface area contributed by atoms with Gasteiger partial charge in [-0.1, -0.05) is 72.9 Å². The molecule has 0 aliphatic rings. The molecule has 124 valence electrons. The largest absolute Gasteiger partial charge is 0.508 e. The molecule has 0 fully saturated rings. The van der Waals surface area contributed by atoms with E-state index >= 15 is 0 Å². The van der Waals surface area contributed by atoms with Gasteiger partial charge in [-0.15, -0.1) is 0 Å². The van der Waals surface area contributed by atoms with Crippen molar-refractivity contribution in [2.45, 2.75) is 6.92 Å². The lowest BCUT2D eigenvalue weighted by Crippen LogP contribution is -1.92. The van der Waals surface area contributed by atoms with Gasteiger partial charge in [0.25, 0.3) is 0 Å². The Morgan fingerprint density at radius 3 is 2.00 bits per heavy atom. The quantitative estimate of drug-likeness (QED) is 0.451. The molecule has 1 aromatic carbocycles. The summed E-state index contributed by atoms with van der Waals surface area (Å²) in [7, 11) is 1.34. The van der Waals surface area contributed by atoms with Gasteiger partial charge in [-0.05, 0) is 30.2 Å². The number of hydrogen-bond donors (Lipinski definition) is 1. The van der Waals surface area contributed by atoms with Crippen LogP contribution < -0.4 is 0 Å². The van der Waals surface area contributed by atoms with Crippen molar-refractivity contribution in [3.63, 3.8) is 0 Å². The predicted octanol–water partition coefficient (Wildman–Crippen LogP) is 4.67. The van der Waals surface area contributed by atoms with Gasteiger partial charge in [0.05, 0.1) is 7.11 Å². The molecule has 0 aliphatic heterocycles. The number of methoxy groups -OCH3 is 1. The van der Waals surface area contributed by atoms with E-state index in [0.717, 1.165) is 11.1 Å². The molecule has 0 unspecified atom stereocenters. The highest BCUT2D eigenvalue weighted by Crippen LogP contribution is 2.17. The van der Waals surface area contributed by atoms with Crippen molar-refractivity contribution in [3.05, 3.63) is 96.2 Å². The summed E-state index contributed by atoms with van der Waals surface area (Å²) in [5, 5.41) is 9.46. The summed E-state index contributed by atoms with van der Waals surface area (Å²) in [6.45, 7) is 1.87. The van der Waals surface area contributed by atoms with Crippen molar-refractivity contribution >= 4 is 12.0 Å². The predicted molar refractivity (Wildman–Crippen MR) is 99.6 cm³/mol. The van der Waals surface area contributed by atoms with Crippen LogP contribution in [-0.2, 0) is 9.53 Å². The van der Waals surface area contributed by atoms with E-state index in [1.807, 2.05) is 73.7 Å². The zero-order valence-electron chi connectivity index (χ0n) is 13.9. The summed E-state index contributed by atoms with van der Waals surface area (Å²) in [6, 6.07) is 5.49. The fourth-order valence-corrected chi connectivity index (χ4v) is 1.66. The van der Waals surface area contributed by atoms with Crippen LogP contribution >= 0.6 is 0 Å². The average molecular weight is 322 g/mol. The second kappa shape index (κ2) is 11.5. The lowest BCUT2D eigenvalue weighted by molar-refractivity contribution is -0.134. The van der Waals surface area contributed by atoms with E-state index in [9.17, 15) is 9.90 Å². The van der Waals surface area contributed by atoms with Crippen molar-refractivity contribution in [1.82, 2.24) is 0 Å². The Hall–Kier alpha value is -3.07. The van der Waals surface area contributed by atoms with E-state index in [1.165, 1.54) is 13.2 Å². The molecule has 1 aromatic rings. The van der Waals surface area contributed by atoms with Gasteiger partial charge < -0.3 is 9.84 Å². The lowest BCUT2D eigenvalue weighted by atomic mass is 10.1. The van der Waals surface area contributed by atoms with Crippen LogP contribution in [-0.4, -0.2) is 18.2 Å². The average Bonchev–Trinajstić information content (AvgIpc) is 2.58. The summed E-state index contributed by atoms with van der Waals surface area (Å²) in [6.07, 6.45) is 21.9. The maximum Gasteiger partial charge on any atom is 0.330 e. The highest BCUT2D eigenvalue weighted by molar-refractivity contribution is 5.82. The van der Waals surface area contributed by atoms with Crippen LogP contribution in [0.2, 0.25) is 0 Å². The van der Waals surface area contributed by atoms with Crippen LogP contribution in [0.3, 0.4) is 0 Å². The minimum atomic E-state index is -0.371. The number of carbonyl (C=O) groups is 1. The first kappa shape index (κ1) is 19.0. The number of ether oxygens (including phenoxy) is 1. The molecule has 0 saturated carbocycles. The molecule has 3 heteroatoms. The molecule has 0 heterocycles. The Kier molecular flexibility index (Phi) is 9.09. The second-order valence-corrected chi connectivity index (χ2v) is 4.83. The lowest BCUT2D eigenvalue weighted by Gasteiger charge is -1.98. The number of benzene rings is 1. The number of rotatable bonds is 7. The zero-order valence-corrected chi connectivity index (χ0v) is 13.9. The topological polar surface area (TPSA) is 46.5 Å². The van der Waals surface area contributed by atoms with Crippen molar-refractivity contribution in [1.29, 1.82) is 0 Å². The molecule has 0 atom stereocenters. The molecule has 0 bridgehead atoms. The molecular formula is C21H22O3. The first-order chi connectivity index (χ1) is 11.6. The minimum absolute atomic E-state index is 0.312. The third-order valence-corrected chi connectivity index (χ3v) is 2.94. The van der Waals surface area contributed by atoms with Crippen molar-refractivity contribution in [2.75, 3.05) is 7.11 Å². The number of esters is 1. The summed E-state index contributed by atoms with van der Waals surface area (Å²) in [5.74, 6) is -0.0589. The van der Waals surface area contributed by atoms with Gasteiger partial charge in [-0.2, -0.15) is 0 Å². The van der Waals surface area contributed by atoms with Crippen molar-refractivity contribution < 1.29 is 14.6 Å². The molecule has 0 aromatic heterocycles. The molecular weight excluding hydrogens is 300 g/mol. The Morgan fingerprint density at radius 2 is 1.46 bits per heavy atom. The Labute approximate surface area is 143 Å². The van der Waals surface area contributed by atoms with E-state index in [2.05, 4.69) is 4.74 Å². The second-order valence-electron chi connectivity index (χ2n) is 4.83.